The lowest BCUT2D eigenvalue weighted by Crippen LogP contribution is -2.42. The van der Waals surface area contributed by atoms with E-state index in [2.05, 4.69) is 17.0 Å². The average molecular weight is 318 g/mol. The van der Waals surface area contributed by atoms with E-state index in [0.29, 0.717) is 18.3 Å². The zero-order chi connectivity index (χ0) is 16.8. The molecule has 0 aliphatic heterocycles. The molecule has 1 aliphatic carbocycles. The Bertz CT molecular complexity index is 561. The number of carbonyl (C=O) groups excluding carboxylic acids is 2. The standard InChI is InChI=1S/C17H26N4O2/c1-4-16(22)18-12-13(2)20(3)17(23)15-10-11-21(19-15)14-8-6-5-7-9-14/h4,10-11,13-14H,1,5-9,12H2,2-3H3,(H,18,22). The summed E-state index contributed by atoms with van der Waals surface area (Å²) in [5.41, 5.74) is 0.458. The Kier molecular flexibility index (Phi) is 5.96. The smallest absolute Gasteiger partial charge is 0.274 e. The number of hydrogen-bond acceptors (Lipinski definition) is 3. The third-order valence-corrected chi connectivity index (χ3v) is 4.51. The minimum absolute atomic E-state index is 0.119. The van der Waals surface area contributed by atoms with Gasteiger partial charge in [0.15, 0.2) is 0 Å². The second kappa shape index (κ2) is 7.94. The summed E-state index contributed by atoms with van der Waals surface area (Å²) in [6.07, 6.45) is 9.15. The number of nitrogens with one attached hydrogen (secondary N) is 1. The molecule has 1 unspecified atom stereocenters. The molecule has 6 nitrogen and oxygen atoms in total. The quantitative estimate of drug-likeness (QED) is 0.817. The van der Waals surface area contributed by atoms with Crippen molar-refractivity contribution in [3.8, 4) is 0 Å². The summed E-state index contributed by atoms with van der Waals surface area (Å²) in [4.78, 5) is 25.3. The van der Waals surface area contributed by atoms with Gasteiger partial charge in [-0.3, -0.25) is 14.3 Å². The van der Waals surface area contributed by atoms with Crippen LogP contribution in [0.5, 0.6) is 0 Å². The normalized spacial score (nSPS) is 16.6. The van der Waals surface area contributed by atoms with E-state index in [-0.39, 0.29) is 17.9 Å². The number of aromatic nitrogens is 2. The van der Waals surface area contributed by atoms with Crippen LogP contribution in [0.1, 0.15) is 55.6 Å². The maximum absolute atomic E-state index is 12.5. The van der Waals surface area contributed by atoms with Crippen LogP contribution in [0.15, 0.2) is 24.9 Å². The predicted octanol–water partition coefficient (Wildman–Crippen LogP) is 2.15. The van der Waals surface area contributed by atoms with Crippen molar-refractivity contribution in [2.45, 2.75) is 51.1 Å². The highest BCUT2D eigenvalue weighted by molar-refractivity contribution is 5.92. The Balaban J connectivity index is 1.95. The maximum atomic E-state index is 12.5. The highest BCUT2D eigenvalue weighted by Gasteiger charge is 2.22. The molecule has 1 atom stereocenters. The maximum Gasteiger partial charge on any atom is 0.274 e. The molecule has 1 aromatic heterocycles. The molecule has 1 heterocycles. The van der Waals surface area contributed by atoms with Crippen molar-refractivity contribution < 1.29 is 9.59 Å². The second-order valence-electron chi connectivity index (χ2n) is 6.19. The second-order valence-corrected chi connectivity index (χ2v) is 6.19. The number of rotatable bonds is 6. The molecule has 2 amide bonds. The summed E-state index contributed by atoms with van der Waals surface area (Å²) in [6, 6.07) is 2.08. The summed E-state index contributed by atoms with van der Waals surface area (Å²) in [5, 5.41) is 7.17. The van der Waals surface area contributed by atoms with Crippen molar-refractivity contribution in [1.29, 1.82) is 0 Å². The minimum Gasteiger partial charge on any atom is -0.351 e. The highest BCUT2D eigenvalue weighted by Crippen LogP contribution is 2.27. The Morgan fingerprint density at radius 1 is 1.48 bits per heavy atom. The number of hydrogen-bond donors (Lipinski definition) is 1. The molecular weight excluding hydrogens is 292 g/mol. The Labute approximate surface area is 137 Å². The van der Waals surface area contributed by atoms with E-state index in [9.17, 15) is 9.59 Å². The van der Waals surface area contributed by atoms with E-state index in [4.69, 9.17) is 0 Å². The van der Waals surface area contributed by atoms with Gasteiger partial charge < -0.3 is 10.2 Å². The Morgan fingerprint density at radius 3 is 2.83 bits per heavy atom. The fourth-order valence-corrected chi connectivity index (χ4v) is 2.84. The van der Waals surface area contributed by atoms with Gasteiger partial charge in [-0.25, -0.2) is 0 Å². The zero-order valence-electron chi connectivity index (χ0n) is 14.0. The van der Waals surface area contributed by atoms with Crippen molar-refractivity contribution in [3.05, 3.63) is 30.6 Å². The van der Waals surface area contributed by atoms with Gasteiger partial charge in [-0.05, 0) is 31.9 Å². The van der Waals surface area contributed by atoms with Gasteiger partial charge >= 0.3 is 0 Å². The molecule has 1 N–H and O–H groups in total. The molecule has 2 rings (SSSR count). The van der Waals surface area contributed by atoms with Crippen LogP contribution >= 0.6 is 0 Å². The van der Waals surface area contributed by atoms with Crippen molar-refractivity contribution in [2.75, 3.05) is 13.6 Å². The van der Waals surface area contributed by atoms with E-state index in [1.807, 2.05) is 17.8 Å². The summed E-state index contributed by atoms with van der Waals surface area (Å²) < 4.78 is 1.93. The first-order valence-electron chi connectivity index (χ1n) is 8.25. The fourth-order valence-electron chi connectivity index (χ4n) is 2.84. The lowest BCUT2D eigenvalue weighted by molar-refractivity contribution is -0.116. The number of nitrogens with zero attached hydrogens (tertiary/aromatic N) is 3. The van der Waals surface area contributed by atoms with Gasteiger partial charge in [-0.2, -0.15) is 5.10 Å². The number of likely N-dealkylation sites (N-methyl/N-ethyl adjacent to an activating group) is 1. The molecule has 0 bridgehead atoms. The molecule has 0 aromatic carbocycles. The summed E-state index contributed by atoms with van der Waals surface area (Å²) in [7, 11) is 1.73. The van der Waals surface area contributed by atoms with E-state index < -0.39 is 0 Å². The SMILES string of the molecule is C=CC(=O)NCC(C)N(C)C(=O)c1ccn(C2CCCCC2)n1. The lowest BCUT2D eigenvalue weighted by Gasteiger charge is -2.24. The number of carbonyl (C=O) groups is 2. The summed E-state index contributed by atoms with van der Waals surface area (Å²) >= 11 is 0. The minimum atomic E-state index is -0.237. The zero-order valence-corrected chi connectivity index (χ0v) is 14.0. The molecule has 23 heavy (non-hydrogen) atoms. The van der Waals surface area contributed by atoms with Crippen LogP contribution in [0.3, 0.4) is 0 Å². The molecule has 0 saturated heterocycles. The average Bonchev–Trinajstić information content (AvgIpc) is 3.08. The summed E-state index contributed by atoms with van der Waals surface area (Å²) in [5.74, 6) is -0.362. The summed E-state index contributed by atoms with van der Waals surface area (Å²) in [6.45, 7) is 5.68. The van der Waals surface area contributed by atoms with E-state index in [1.165, 1.54) is 25.3 Å². The monoisotopic (exact) mass is 318 g/mol. The molecule has 0 spiro atoms. The van der Waals surface area contributed by atoms with Crippen LogP contribution in [-0.4, -0.2) is 46.1 Å². The van der Waals surface area contributed by atoms with Gasteiger partial charge in [-0.1, -0.05) is 25.8 Å². The van der Waals surface area contributed by atoms with Crippen LogP contribution < -0.4 is 5.32 Å². The predicted molar refractivity (Wildman–Crippen MR) is 89.1 cm³/mol. The Hall–Kier alpha value is -2.11. The molecule has 1 aliphatic rings. The highest BCUT2D eigenvalue weighted by atomic mass is 16.2. The van der Waals surface area contributed by atoms with E-state index in [0.717, 1.165) is 12.8 Å². The molecule has 1 fully saturated rings. The van der Waals surface area contributed by atoms with Gasteiger partial charge in [0, 0.05) is 25.8 Å². The van der Waals surface area contributed by atoms with Gasteiger partial charge in [0.2, 0.25) is 5.91 Å². The molecule has 6 heteroatoms. The van der Waals surface area contributed by atoms with Crippen molar-refractivity contribution >= 4 is 11.8 Å². The molecule has 1 aromatic rings. The number of amides is 2. The topological polar surface area (TPSA) is 67.2 Å². The van der Waals surface area contributed by atoms with Crippen molar-refractivity contribution in [2.24, 2.45) is 0 Å². The molecule has 0 radical (unpaired) electrons. The third kappa shape index (κ3) is 4.43. The lowest BCUT2D eigenvalue weighted by atomic mass is 9.96. The first kappa shape index (κ1) is 17.2. The molecular formula is C17H26N4O2. The van der Waals surface area contributed by atoms with Crippen LogP contribution in [-0.2, 0) is 4.79 Å². The first-order chi connectivity index (χ1) is 11.0. The van der Waals surface area contributed by atoms with Gasteiger partial charge in [0.05, 0.1) is 6.04 Å². The van der Waals surface area contributed by atoms with Crippen LogP contribution in [0.2, 0.25) is 0 Å². The van der Waals surface area contributed by atoms with Gasteiger partial charge in [-0.15, -0.1) is 0 Å². The van der Waals surface area contributed by atoms with E-state index >= 15 is 0 Å². The van der Waals surface area contributed by atoms with Crippen LogP contribution in [0, 0.1) is 0 Å². The molecule has 1 saturated carbocycles. The van der Waals surface area contributed by atoms with Gasteiger partial charge in [0.25, 0.3) is 5.91 Å². The Morgan fingerprint density at radius 2 is 2.17 bits per heavy atom. The third-order valence-electron chi connectivity index (χ3n) is 4.51. The van der Waals surface area contributed by atoms with Crippen LogP contribution in [0.25, 0.3) is 0 Å². The molecule has 126 valence electrons. The van der Waals surface area contributed by atoms with Crippen molar-refractivity contribution in [1.82, 2.24) is 20.0 Å². The largest absolute Gasteiger partial charge is 0.351 e. The van der Waals surface area contributed by atoms with E-state index in [1.54, 1.807) is 18.0 Å². The van der Waals surface area contributed by atoms with Crippen molar-refractivity contribution in [3.63, 3.8) is 0 Å². The first-order valence-corrected chi connectivity index (χ1v) is 8.25. The van der Waals surface area contributed by atoms with Gasteiger partial charge in [0.1, 0.15) is 5.69 Å². The fraction of sp³-hybridized carbons (Fsp3) is 0.588. The van der Waals surface area contributed by atoms with Crippen LogP contribution in [0.4, 0.5) is 0 Å².